The van der Waals surface area contributed by atoms with Crippen LogP contribution in [0.3, 0.4) is 0 Å². The van der Waals surface area contributed by atoms with Crippen LogP contribution in [-0.2, 0) is 16.6 Å². The van der Waals surface area contributed by atoms with Crippen LogP contribution < -0.4 is 10.0 Å². The standard InChI is InChI=1S/C16H20N2O5S/c1-2-3-8-18-24(21,22)15-10-12(16(19)20)6-7-14(15)17-11-13-5-4-9-23-13/h4-7,9-10,17-18H,2-3,8,11H2,1H3,(H,19,20). The van der Waals surface area contributed by atoms with Gasteiger partial charge in [0.25, 0.3) is 0 Å². The average molecular weight is 352 g/mol. The molecule has 0 aliphatic rings. The van der Waals surface area contributed by atoms with Gasteiger partial charge in [-0.25, -0.2) is 17.9 Å². The second-order valence-corrected chi connectivity index (χ2v) is 6.94. The predicted molar refractivity (Wildman–Crippen MR) is 89.5 cm³/mol. The molecule has 7 nitrogen and oxygen atoms in total. The number of furan rings is 1. The molecule has 8 heteroatoms. The molecule has 0 aliphatic carbocycles. The predicted octanol–water partition coefficient (Wildman–Crippen LogP) is 2.67. The number of rotatable bonds is 9. The second kappa shape index (κ2) is 7.98. The SMILES string of the molecule is CCCCNS(=O)(=O)c1cc(C(=O)O)ccc1NCc1ccco1. The zero-order valence-electron chi connectivity index (χ0n) is 13.3. The normalized spacial score (nSPS) is 11.4. The van der Waals surface area contributed by atoms with Crippen molar-refractivity contribution in [2.24, 2.45) is 0 Å². The van der Waals surface area contributed by atoms with Crippen LogP contribution in [0, 0.1) is 0 Å². The maximum atomic E-state index is 12.5. The number of sulfonamides is 1. The van der Waals surface area contributed by atoms with Gasteiger partial charge >= 0.3 is 5.97 Å². The van der Waals surface area contributed by atoms with E-state index in [2.05, 4.69) is 10.0 Å². The van der Waals surface area contributed by atoms with Gasteiger partial charge in [0.15, 0.2) is 0 Å². The topological polar surface area (TPSA) is 109 Å². The minimum absolute atomic E-state index is 0.0885. The van der Waals surface area contributed by atoms with E-state index in [4.69, 9.17) is 9.52 Å². The summed E-state index contributed by atoms with van der Waals surface area (Å²) in [5.41, 5.74) is 0.231. The van der Waals surface area contributed by atoms with Gasteiger partial charge in [0.05, 0.1) is 24.1 Å². The van der Waals surface area contributed by atoms with Crippen molar-refractivity contribution in [3.63, 3.8) is 0 Å². The maximum absolute atomic E-state index is 12.5. The summed E-state index contributed by atoms with van der Waals surface area (Å²) in [4.78, 5) is 11.1. The van der Waals surface area contributed by atoms with Crippen molar-refractivity contribution in [1.29, 1.82) is 0 Å². The van der Waals surface area contributed by atoms with Crippen molar-refractivity contribution in [3.05, 3.63) is 47.9 Å². The number of carboxylic acids is 1. The van der Waals surface area contributed by atoms with Gasteiger partial charge in [-0.05, 0) is 36.8 Å². The van der Waals surface area contributed by atoms with Gasteiger partial charge in [0, 0.05) is 6.54 Å². The van der Waals surface area contributed by atoms with Crippen LogP contribution in [0.25, 0.3) is 0 Å². The molecule has 2 rings (SSSR count). The second-order valence-electron chi connectivity index (χ2n) is 5.20. The van der Waals surface area contributed by atoms with E-state index in [-0.39, 0.29) is 17.0 Å². The lowest BCUT2D eigenvalue weighted by Crippen LogP contribution is -2.26. The molecule has 0 unspecified atom stereocenters. The molecule has 24 heavy (non-hydrogen) atoms. The zero-order chi connectivity index (χ0) is 17.6. The lowest BCUT2D eigenvalue weighted by atomic mass is 10.2. The van der Waals surface area contributed by atoms with E-state index in [0.29, 0.717) is 24.4 Å². The van der Waals surface area contributed by atoms with E-state index in [1.807, 2.05) is 6.92 Å². The van der Waals surface area contributed by atoms with Crippen LogP contribution >= 0.6 is 0 Å². The first kappa shape index (κ1) is 18.0. The summed E-state index contributed by atoms with van der Waals surface area (Å²) in [5.74, 6) is -0.544. The Morgan fingerprint density at radius 2 is 2.08 bits per heavy atom. The monoisotopic (exact) mass is 352 g/mol. The molecule has 0 bridgehead atoms. The molecule has 0 spiro atoms. The van der Waals surface area contributed by atoms with Crippen molar-refractivity contribution >= 4 is 21.7 Å². The third kappa shape index (κ3) is 4.59. The largest absolute Gasteiger partial charge is 0.478 e. The van der Waals surface area contributed by atoms with Gasteiger partial charge in [-0.2, -0.15) is 0 Å². The summed E-state index contributed by atoms with van der Waals surface area (Å²) >= 11 is 0. The molecule has 3 N–H and O–H groups in total. The molecule has 0 fully saturated rings. The van der Waals surface area contributed by atoms with Gasteiger partial charge in [-0.3, -0.25) is 0 Å². The fourth-order valence-electron chi connectivity index (χ4n) is 2.08. The van der Waals surface area contributed by atoms with Crippen LogP contribution in [0.15, 0.2) is 45.9 Å². The van der Waals surface area contributed by atoms with E-state index < -0.39 is 16.0 Å². The van der Waals surface area contributed by atoms with Gasteiger partial charge in [0.1, 0.15) is 10.7 Å². The lowest BCUT2D eigenvalue weighted by molar-refractivity contribution is 0.0696. The fourth-order valence-corrected chi connectivity index (χ4v) is 3.36. The summed E-state index contributed by atoms with van der Waals surface area (Å²) < 4.78 is 32.7. The summed E-state index contributed by atoms with van der Waals surface area (Å²) in [5, 5.41) is 12.1. The van der Waals surface area contributed by atoms with Crippen molar-refractivity contribution in [1.82, 2.24) is 4.72 Å². The molecule has 1 aromatic carbocycles. The van der Waals surface area contributed by atoms with Crippen LogP contribution in [0.1, 0.15) is 35.9 Å². The number of benzene rings is 1. The number of hydrogen-bond acceptors (Lipinski definition) is 5. The van der Waals surface area contributed by atoms with Crippen LogP contribution in [0.5, 0.6) is 0 Å². The molecule has 0 aliphatic heterocycles. The van der Waals surface area contributed by atoms with E-state index in [1.165, 1.54) is 18.4 Å². The first-order valence-electron chi connectivity index (χ1n) is 7.57. The van der Waals surface area contributed by atoms with E-state index in [0.717, 1.165) is 12.5 Å². The van der Waals surface area contributed by atoms with Crippen LogP contribution in [-0.4, -0.2) is 26.0 Å². The fraction of sp³-hybridized carbons (Fsp3) is 0.312. The number of anilines is 1. The third-order valence-corrected chi connectivity index (χ3v) is 4.87. The molecular weight excluding hydrogens is 332 g/mol. The smallest absolute Gasteiger partial charge is 0.335 e. The number of nitrogens with one attached hydrogen (secondary N) is 2. The highest BCUT2D eigenvalue weighted by Crippen LogP contribution is 2.24. The van der Waals surface area contributed by atoms with Gasteiger partial charge in [-0.1, -0.05) is 13.3 Å². The molecule has 0 saturated heterocycles. The van der Waals surface area contributed by atoms with Crippen molar-refractivity contribution in [2.75, 3.05) is 11.9 Å². The molecule has 0 atom stereocenters. The summed E-state index contributed by atoms with van der Waals surface area (Å²) in [6.45, 7) is 2.54. The Hall–Kier alpha value is -2.32. The zero-order valence-corrected chi connectivity index (χ0v) is 14.1. The Balaban J connectivity index is 2.30. The first-order chi connectivity index (χ1) is 11.4. The highest BCUT2D eigenvalue weighted by molar-refractivity contribution is 7.89. The van der Waals surface area contributed by atoms with Crippen LogP contribution in [0.4, 0.5) is 5.69 Å². The minimum atomic E-state index is -3.82. The first-order valence-corrected chi connectivity index (χ1v) is 9.05. The van der Waals surface area contributed by atoms with E-state index >= 15 is 0 Å². The van der Waals surface area contributed by atoms with Crippen molar-refractivity contribution < 1.29 is 22.7 Å². The number of aromatic carboxylic acids is 1. The van der Waals surface area contributed by atoms with E-state index in [1.54, 1.807) is 12.1 Å². The number of hydrogen-bond donors (Lipinski definition) is 3. The van der Waals surface area contributed by atoms with Gasteiger partial charge in [-0.15, -0.1) is 0 Å². The molecule has 0 amide bonds. The molecular formula is C16H20N2O5S. The molecule has 0 radical (unpaired) electrons. The third-order valence-electron chi connectivity index (χ3n) is 3.37. The Labute approximate surface area is 140 Å². The summed E-state index contributed by atoms with van der Waals surface area (Å²) in [6, 6.07) is 7.44. The molecule has 0 saturated carbocycles. The van der Waals surface area contributed by atoms with E-state index in [9.17, 15) is 13.2 Å². The Morgan fingerprint density at radius 3 is 2.71 bits per heavy atom. The molecule has 1 heterocycles. The Bertz CT molecular complexity index is 785. The van der Waals surface area contributed by atoms with Crippen molar-refractivity contribution in [2.45, 2.75) is 31.2 Å². The van der Waals surface area contributed by atoms with Crippen LogP contribution in [0.2, 0.25) is 0 Å². The minimum Gasteiger partial charge on any atom is -0.478 e. The molecule has 130 valence electrons. The quantitative estimate of drug-likeness (QED) is 0.599. The highest BCUT2D eigenvalue weighted by Gasteiger charge is 2.20. The number of unbranched alkanes of at least 4 members (excludes halogenated alkanes) is 1. The summed E-state index contributed by atoms with van der Waals surface area (Å²) in [6.07, 6.45) is 3.07. The highest BCUT2D eigenvalue weighted by atomic mass is 32.2. The number of carboxylic acid groups (broad SMARTS) is 1. The summed E-state index contributed by atoms with van der Waals surface area (Å²) in [7, 11) is -3.82. The molecule has 2 aromatic rings. The average Bonchev–Trinajstić information content (AvgIpc) is 3.06. The Morgan fingerprint density at radius 1 is 1.29 bits per heavy atom. The maximum Gasteiger partial charge on any atom is 0.335 e. The van der Waals surface area contributed by atoms with Gasteiger partial charge in [0.2, 0.25) is 10.0 Å². The number of carbonyl (C=O) groups is 1. The molecule has 1 aromatic heterocycles. The van der Waals surface area contributed by atoms with Gasteiger partial charge < -0.3 is 14.8 Å². The Kier molecular flexibility index (Phi) is 5.99. The lowest BCUT2D eigenvalue weighted by Gasteiger charge is -2.13. The van der Waals surface area contributed by atoms with Crippen molar-refractivity contribution in [3.8, 4) is 0 Å².